The third-order valence-corrected chi connectivity index (χ3v) is 6.48. The molecule has 0 aliphatic heterocycles. The Morgan fingerprint density at radius 1 is 1.03 bits per heavy atom. The average molecular weight is 467 g/mol. The van der Waals surface area contributed by atoms with E-state index in [4.69, 9.17) is 9.84 Å². The third kappa shape index (κ3) is 6.16. The second-order valence-corrected chi connectivity index (χ2v) is 8.94. The molecule has 2 unspecified atom stereocenters. The van der Waals surface area contributed by atoms with Gasteiger partial charge in [0.25, 0.3) is 0 Å². The summed E-state index contributed by atoms with van der Waals surface area (Å²) in [4.78, 5) is 37.4. The lowest BCUT2D eigenvalue weighted by molar-refractivity contribution is -0.146. The Bertz CT molecular complexity index is 976. The molecule has 182 valence electrons. The first kappa shape index (κ1) is 25.3. The molecular weight excluding hydrogens is 432 g/mol. The second-order valence-electron chi connectivity index (χ2n) is 8.94. The summed E-state index contributed by atoms with van der Waals surface area (Å²) in [7, 11) is 0. The quantitative estimate of drug-likeness (QED) is 0.496. The number of amides is 2. The Balaban J connectivity index is 1.46. The van der Waals surface area contributed by atoms with Gasteiger partial charge in [0.1, 0.15) is 13.2 Å². The molecule has 0 radical (unpaired) electrons. The lowest BCUT2D eigenvalue weighted by Crippen LogP contribution is -2.42. The molecule has 1 aliphatic carbocycles. The molecule has 7 heteroatoms. The monoisotopic (exact) mass is 466 g/mol. The van der Waals surface area contributed by atoms with E-state index in [1.807, 2.05) is 45.0 Å². The SMILES string of the molecule is CCC(C)N(CC(=O)O)C(=O)CCCC(C)NC(=O)OCC1c2ccccc2-c2ccccc21. The lowest BCUT2D eigenvalue weighted by Gasteiger charge is -2.27. The summed E-state index contributed by atoms with van der Waals surface area (Å²) in [5, 5.41) is 11.9. The maximum atomic E-state index is 12.5. The van der Waals surface area contributed by atoms with Crippen molar-refractivity contribution in [1.29, 1.82) is 0 Å². The number of carbonyl (C=O) groups excluding carboxylic acids is 2. The molecule has 2 atom stereocenters. The van der Waals surface area contributed by atoms with Crippen molar-refractivity contribution < 1.29 is 24.2 Å². The Morgan fingerprint density at radius 2 is 1.62 bits per heavy atom. The summed E-state index contributed by atoms with van der Waals surface area (Å²) in [5.74, 6) is -1.18. The number of carbonyl (C=O) groups is 3. The van der Waals surface area contributed by atoms with Gasteiger partial charge in [0, 0.05) is 24.4 Å². The highest BCUT2D eigenvalue weighted by Gasteiger charge is 2.29. The van der Waals surface area contributed by atoms with Crippen molar-refractivity contribution >= 4 is 18.0 Å². The van der Waals surface area contributed by atoms with E-state index >= 15 is 0 Å². The van der Waals surface area contributed by atoms with Crippen LogP contribution in [0.4, 0.5) is 4.79 Å². The molecule has 2 N–H and O–H groups in total. The van der Waals surface area contributed by atoms with E-state index in [9.17, 15) is 14.4 Å². The molecular formula is C27H34N2O5. The average Bonchev–Trinajstić information content (AvgIpc) is 3.14. The summed E-state index contributed by atoms with van der Waals surface area (Å²) in [6, 6.07) is 16.1. The number of alkyl carbamates (subject to hydrolysis) is 1. The van der Waals surface area contributed by atoms with Crippen molar-refractivity contribution in [3.63, 3.8) is 0 Å². The van der Waals surface area contributed by atoms with Crippen molar-refractivity contribution in [2.75, 3.05) is 13.2 Å². The Labute approximate surface area is 201 Å². The van der Waals surface area contributed by atoms with E-state index in [1.54, 1.807) is 0 Å². The minimum Gasteiger partial charge on any atom is -0.480 e. The summed E-state index contributed by atoms with van der Waals surface area (Å²) < 4.78 is 5.58. The summed E-state index contributed by atoms with van der Waals surface area (Å²) in [6.45, 7) is 5.61. The maximum Gasteiger partial charge on any atom is 0.407 e. The highest BCUT2D eigenvalue weighted by atomic mass is 16.5. The lowest BCUT2D eigenvalue weighted by atomic mass is 9.98. The number of rotatable bonds is 11. The van der Waals surface area contributed by atoms with E-state index in [-0.39, 0.29) is 43.5 Å². The standard InChI is InChI=1S/C27H34N2O5/c1-4-19(3)29(16-26(31)32)25(30)15-9-10-18(2)28-27(33)34-17-24-22-13-7-5-11-20(22)21-12-6-8-14-23(21)24/h5-8,11-14,18-19,24H,4,9-10,15-17H2,1-3H3,(H,28,33)(H,31,32). The minimum atomic E-state index is -1.01. The van der Waals surface area contributed by atoms with Gasteiger partial charge in [0.2, 0.25) is 5.91 Å². The molecule has 0 heterocycles. The fourth-order valence-electron chi connectivity index (χ4n) is 4.47. The van der Waals surface area contributed by atoms with Crippen molar-refractivity contribution in [3.05, 3.63) is 59.7 Å². The smallest absolute Gasteiger partial charge is 0.407 e. The summed E-state index contributed by atoms with van der Waals surface area (Å²) in [6.07, 6.45) is 1.61. The number of nitrogens with one attached hydrogen (secondary N) is 1. The molecule has 34 heavy (non-hydrogen) atoms. The summed E-state index contributed by atoms with van der Waals surface area (Å²) in [5.41, 5.74) is 4.68. The van der Waals surface area contributed by atoms with Crippen LogP contribution in [0, 0.1) is 0 Å². The molecule has 0 aromatic heterocycles. The molecule has 0 fully saturated rings. The van der Waals surface area contributed by atoms with Gasteiger partial charge in [-0.05, 0) is 55.4 Å². The van der Waals surface area contributed by atoms with E-state index < -0.39 is 12.1 Å². The fraction of sp³-hybridized carbons (Fsp3) is 0.444. The van der Waals surface area contributed by atoms with Crippen LogP contribution in [-0.2, 0) is 14.3 Å². The number of hydrogen-bond acceptors (Lipinski definition) is 4. The zero-order chi connectivity index (χ0) is 24.7. The van der Waals surface area contributed by atoms with Crippen LogP contribution in [0.15, 0.2) is 48.5 Å². The van der Waals surface area contributed by atoms with Gasteiger partial charge in [-0.3, -0.25) is 9.59 Å². The summed E-state index contributed by atoms with van der Waals surface area (Å²) >= 11 is 0. The van der Waals surface area contributed by atoms with Gasteiger partial charge >= 0.3 is 12.1 Å². The van der Waals surface area contributed by atoms with Crippen LogP contribution in [-0.4, -0.2) is 53.2 Å². The topological polar surface area (TPSA) is 95.9 Å². The van der Waals surface area contributed by atoms with Gasteiger partial charge in [0.05, 0.1) is 0 Å². The highest BCUT2D eigenvalue weighted by molar-refractivity contribution is 5.81. The maximum absolute atomic E-state index is 12.5. The second kappa shape index (κ2) is 11.7. The van der Waals surface area contributed by atoms with Crippen LogP contribution in [0.3, 0.4) is 0 Å². The Morgan fingerprint density at radius 3 is 2.18 bits per heavy atom. The molecule has 0 saturated carbocycles. The van der Waals surface area contributed by atoms with E-state index in [2.05, 4.69) is 29.6 Å². The van der Waals surface area contributed by atoms with Crippen LogP contribution in [0.1, 0.15) is 63.5 Å². The molecule has 0 bridgehead atoms. The van der Waals surface area contributed by atoms with Crippen LogP contribution in [0.5, 0.6) is 0 Å². The van der Waals surface area contributed by atoms with Crippen molar-refractivity contribution in [2.45, 2.75) is 64.5 Å². The van der Waals surface area contributed by atoms with Gasteiger partial charge in [-0.15, -0.1) is 0 Å². The van der Waals surface area contributed by atoms with E-state index in [1.165, 1.54) is 16.0 Å². The molecule has 0 saturated heterocycles. The number of hydrogen-bond donors (Lipinski definition) is 2. The first-order valence-corrected chi connectivity index (χ1v) is 11.9. The van der Waals surface area contributed by atoms with Crippen LogP contribution in [0.2, 0.25) is 0 Å². The molecule has 7 nitrogen and oxygen atoms in total. The predicted molar refractivity (Wildman–Crippen MR) is 131 cm³/mol. The number of carboxylic acid groups (broad SMARTS) is 1. The van der Waals surface area contributed by atoms with Gasteiger partial charge in [-0.25, -0.2) is 4.79 Å². The number of ether oxygens (including phenoxy) is 1. The predicted octanol–water partition coefficient (Wildman–Crippen LogP) is 4.80. The number of fused-ring (bicyclic) bond motifs is 3. The Hall–Kier alpha value is -3.35. The Kier molecular flexibility index (Phi) is 8.68. The molecule has 2 aromatic rings. The first-order chi connectivity index (χ1) is 16.3. The van der Waals surface area contributed by atoms with E-state index in [0.29, 0.717) is 19.3 Å². The number of nitrogens with zero attached hydrogens (tertiary/aromatic N) is 1. The normalized spacial score (nSPS) is 14.0. The largest absolute Gasteiger partial charge is 0.480 e. The van der Waals surface area contributed by atoms with E-state index in [0.717, 1.165) is 11.1 Å². The highest BCUT2D eigenvalue weighted by Crippen LogP contribution is 2.44. The number of carboxylic acids is 1. The molecule has 3 rings (SSSR count). The van der Waals surface area contributed by atoms with Crippen LogP contribution >= 0.6 is 0 Å². The van der Waals surface area contributed by atoms with Gasteiger partial charge in [-0.1, -0.05) is 55.5 Å². The molecule has 1 aliphatic rings. The van der Waals surface area contributed by atoms with Gasteiger partial charge < -0.3 is 20.1 Å². The van der Waals surface area contributed by atoms with Gasteiger partial charge in [-0.2, -0.15) is 0 Å². The number of aliphatic carboxylic acids is 1. The molecule has 2 amide bonds. The number of benzene rings is 2. The van der Waals surface area contributed by atoms with Crippen molar-refractivity contribution in [2.24, 2.45) is 0 Å². The molecule has 0 spiro atoms. The van der Waals surface area contributed by atoms with Crippen molar-refractivity contribution in [1.82, 2.24) is 10.2 Å². The fourth-order valence-corrected chi connectivity index (χ4v) is 4.47. The minimum absolute atomic E-state index is 0.00634. The third-order valence-electron chi connectivity index (χ3n) is 6.48. The van der Waals surface area contributed by atoms with Crippen molar-refractivity contribution in [3.8, 4) is 11.1 Å². The molecule has 2 aromatic carbocycles. The van der Waals surface area contributed by atoms with Gasteiger partial charge in [0.15, 0.2) is 0 Å². The zero-order valence-electron chi connectivity index (χ0n) is 20.1. The van der Waals surface area contributed by atoms with Crippen LogP contribution in [0.25, 0.3) is 11.1 Å². The zero-order valence-corrected chi connectivity index (χ0v) is 20.1. The van der Waals surface area contributed by atoms with Crippen LogP contribution < -0.4 is 5.32 Å². The first-order valence-electron chi connectivity index (χ1n) is 11.9.